The lowest BCUT2D eigenvalue weighted by molar-refractivity contribution is 0.0682. The van der Waals surface area contributed by atoms with Gasteiger partial charge in [0.1, 0.15) is 5.82 Å². The first-order chi connectivity index (χ1) is 11.6. The van der Waals surface area contributed by atoms with Crippen LogP contribution in [0.3, 0.4) is 0 Å². The molecule has 1 aliphatic rings. The minimum atomic E-state index is -0.630. The highest BCUT2D eigenvalue weighted by Gasteiger charge is 2.28. The Bertz CT molecular complexity index is 670. The van der Waals surface area contributed by atoms with E-state index < -0.39 is 6.10 Å². The minimum Gasteiger partial charge on any atom is -0.388 e. The van der Waals surface area contributed by atoms with Crippen molar-refractivity contribution in [2.75, 3.05) is 18.4 Å². The number of halogens is 1. The normalized spacial score (nSPS) is 16.7. The standard InChI is InChI=1S/C18H20FN3O2/c19-15-5-3-13(4-6-15)17(23)14-7-10-22(11-8-14)18(24)21-16-2-1-9-20-12-16/h1-6,9,12,14,17,23H,7-8,10-11H2,(H,21,24)/t17-/m1/s1. The van der Waals surface area contributed by atoms with Gasteiger partial charge in [0.05, 0.1) is 18.0 Å². The molecule has 5 nitrogen and oxygen atoms in total. The van der Waals surface area contributed by atoms with Gasteiger partial charge in [-0.05, 0) is 48.6 Å². The molecule has 1 aliphatic heterocycles. The molecule has 6 heteroatoms. The first-order valence-electron chi connectivity index (χ1n) is 8.03. The molecule has 0 unspecified atom stereocenters. The predicted octanol–water partition coefficient (Wildman–Crippen LogP) is 3.20. The first kappa shape index (κ1) is 16.4. The Morgan fingerprint density at radius 3 is 2.58 bits per heavy atom. The van der Waals surface area contributed by atoms with E-state index in [0.717, 1.165) is 5.56 Å². The van der Waals surface area contributed by atoms with Crippen molar-refractivity contribution in [1.29, 1.82) is 0 Å². The quantitative estimate of drug-likeness (QED) is 0.909. The lowest BCUT2D eigenvalue weighted by Gasteiger charge is -2.34. The molecule has 2 amide bonds. The van der Waals surface area contributed by atoms with E-state index in [1.807, 2.05) is 0 Å². The van der Waals surface area contributed by atoms with Crippen molar-refractivity contribution in [3.8, 4) is 0 Å². The zero-order valence-corrected chi connectivity index (χ0v) is 13.2. The fourth-order valence-electron chi connectivity index (χ4n) is 2.99. The average molecular weight is 329 g/mol. The summed E-state index contributed by atoms with van der Waals surface area (Å²) in [6.07, 6.45) is 4.04. The van der Waals surface area contributed by atoms with Crippen molar-refractivity contribution in [3.63, 3.8) is 0 Å². The Kier molecular flexibility index (Phi) is 5.05. The van der Waals surface area contributed by atoms with E-state index >= 15 is 0 Å². The molecule has 0 saturated carbocycles. The van der Waals surface area contributed by atoms with E-state index in [4.69, 9.17) is 0 Å². The molecule has 1 fully saturated rings. The number of carbonyl (C=O) groups excluding carboxylic acids is 1. The van der Waals surface area contributed by atoms with Crippen LogP contribution in [0.5, 0.6) is 0 Å². The second-order valence-electron chi connectivity index (χ2n) is 5.99. The van der Waals surface area contributed by atoms with Crippen LogP contribution in [0.15, 0.2) is 48.8 Å². The number of carbonyl (C=O) groups is 1. The Morgan fingerprint density at radius 1 is 1.25 bits per heavy atom. The molecule has 126 valence electrons. The Hall–Kier alpha value is -2.47. The highest BCUT2D eigenvalue weighted by atomic mass is 19.1. The molecule has 24 heavy (non-hydrogen) atoms. The number of nitrogens with zero attached hydrogens (tertiary/aromatic N) is 2. The zero-order chi connectivity index (χ0) is 16.9. The number of nitrogens with one attached hydrogen (secondary N) is 1. The van der Waals surface area contributed by atoms with E-state index in [9.17, 15) is 14.3 Å². The van der Waals surface area contributed by atoms with Gasteiger partial charge < -0.3 is 15.3 Å². The van der Waals surface area contributed by atoms with E-state index in [1.165, 1.54) is 12.1 Å². The molecular weight excluding hydrogens is 309 g/mol. The summed E-state index contributed by atoms with van der Waals surface area (Å²) >= 11 is 0. The van der Waals surface area contributed by atoms with Crippen LogP contribution in [-0.4, -0.2) is 34.1 Å². The number of hydrogen-bond donors (Lipinski definition) is 2. The molecule has 1 aromatic heterocycles. The number of aliphatic hydroxyl groups is 1. The molecular formula is C18H20FN3O2. The third-order valence-corrected chi connectivity index (χ3v) is 4.40. The molecule has 0 bridgehead atoms. The Labute approximate surface area is 140 Å². The lowest BCUT2D eigenvalue weighted by Crippen LogP contribution is -2.42. The van der Waals surface area contributed by atoms with Crippen LogP contribution in [0, 0.1) is 11.7 Å². The summed E-state index contributed by atoms with van der Waals surface area (Å²) in [5.74, 6) is -0.245. The molecule has 2 heterocycles. The lowest BCUT2D eigenvalue weighted by atomic mass is 9.87. The SMILES string of the molecule is O=C(Nc1cccnc1)N1CCC([C@H](O)c2ccc(F)cc2)CC1. The maximum absolute atomic E-state index is 13.0. The summed E-state index contributed by atoms with van der Waals surface area (Å²) in [6, 6.07) is 9.34. The molecule has 2 N–H and O–H groups in total. The van der Waals surface area contributed by atoms with Gasteiger partial charge in [-0.15, -0.1) is 0 Å². The second-order valence-corrected chi connectivity index (χ2v) is 5.99. The molecule has 1 atom stereocenters. The number of amides is 2. The van der Waals surface area contributed by atoms with Crippen molar-refractivity contribution in [1.82, 2.24) is 9.88 Å². The van der Waals surface area contributed by atoms with E-state index in [-0.39, 0.29) is 17.8 Å². The van der Waals surface area contributed by atoms with Crippen molar-refractivity contribution in [3.05, 3.63) is 60.2 Å². The number of likely N-dealkylation sites (tertiary alicyclic amines) is 1. The third kappa shape index (κ3) is 3.89. The van der Waals surface area contributed by atoms with Crippen LogP contribution >= 0.6 is 0 Å². The predicted molar refractivity (Wildman–Crippen MR) is 88.9 cm³/mol. The monoisotopic (exact) mass is 329 g/mol. The summed E-state index contributed by atoms with van der Waals surface area (Å²) < 4.78 is 13.0. The van der Waals surface area contributed by atoms with Gasteiger partial charge in [-0.3, -0.25) is 4.98 Å². The topological polar surface area (TPSA) is 65.5 Å². The van der Waals surface area contributed by atoms with E-state index in [1.54, 1.807) is 41.6 Å². The summed E-state index contributed by atoms with van der Waals surface area (Å²) in [5, 5.41) is 13.3. The van der Waals surface area contributed by atoms with Crippen LogP contribution in [0.1, 0.15) is 24.5 Å². The Balaban J connectivity index is 1.53. The van der Waals surface area contributed by atoms with Gasteiger partial charge in [0, 0.05) is 19.3 Å². The largest absolute Gasteiger partial charge is 0.388 e. The third-order valence-electron chi connectivity index (χ3n) is 4.40. The number of aliphatic hydroxyl groups excluding tert-OH is 1. The molecule has 3 rings (SSSR count). The maximum Gasteiger partial charge on any atom is 0.321 e. The van der Waals surface area contributed by atoms with Gasteiger partial charge in [0.25, 0.3) is 0 Å². The van der Waals surface area contributed by atoms with E-state index in [2.05, 4.69) is 10.3 Å². The van der Waals surface area contributed by atoms with Gasteiger partial charge in [-0.25, -0.2) is 9.18 Å². The van der Waals surface area contributed by atoms with Gasteiger partial charge >= 0.3 is 6.03 Å². The molecule has 2 aromatic rings. The molecule has 0 spiro atoms. The van der Waals surface area contributed by atoms with Gasteiger partial charge in [0.2, 0.25) is 0 Å². The summed E-state index contributed by atoms with van der Waals surface area (Å²) in [4.78, 5) is 17.9. The van der Waals surface area contributed by atoms with Crippen molar-refractivity contribution in [2.24, 2.45) is 5.92 Å². The number of rotatable bonds is 3. The maximum atomic E-state index is 13.0. The minimum absolute atomic E-state index is 0.0675. The Morgan fingerprint density at radius 2 is 1.96 bits per heavy atom. The van der Waals surface area contributed by atoms with Gasteiger partial charge in [0.15, 0.2) is 0 Å². The van der Waals surface area contributed by atoms with Crippen molar-refractivity contribution >= 4 is 11.7 Å². The number of urea groups is 1. The number of pyridine rings is 1. The zero-order valence-electron chi connectivity index (χ0n) is 13.2. The van der Waals surface area contributed by atoms with Crippen LogP contribution in [0.25, 0.3) is 0 Å². The first-order valence-corrected chi connectivity index (χ1v) is 8.03. The van der Waals surface area contributed by atoms with Crippen molar-refractivity contribution < 1.29 is 14.3 Å². The number of benzene rings is 1. The summed E-state index contributed by atoms with van der Waals surface area (Å²) in [7, 11) is 0. The smallest absolute Gasteiger partial charge is 0.321 e. The number of anilines is 1. The van der Waals surface area contributed by atoms with Crippen LogP contribution in [0.4, 0.5) is 14.9 Å². The van der Waals surface area contributed by atoms with Gasteiger partial charge in [-0.2, -0.15) is 0 Å². The summed E-state index contributed by atoms with van der Waals surface area (Å²) in [6.45, 7) is 1.16. The van der Waals surface area contributed by atoms with Crippen molar-refractivity contribution in [2.45, 2.75) is 18.9 Å². The number of hydrogen-bond acceptors (Lipinski definition) is 3. The van der Waals surface area contributed by atoms with Crippen LogP contribution in [0.2, 0.25) is 0 Å². The molecule has 1 aromatic carbocycles. The highest BCUT2D eigenvalue weighted by molar-refractivity contribution is 5.89. The average Bonchev–Trinajstić information content (AvgIpc) is 2.63. The number of piperidine rings is 1. The molecule has 0 radical (unpaired) electrons. The number of aromatic nitrogens is 1. The molecule has 1 saturated heterocycles. The van der Waals surface area contributed by atoms with Crippen LogP contribution in [-0.2, 0) is 0 Å². The highest BCUT2D eigenvalue weighted by Crippen LogP contribution is 2.31. The fourth-order valence-corrected chi connectivity index (χ4v) is 2.99. The summed E-state index contributed by atoms with van der Waals surface area (Å²) in [5.41, 5.74) is 1.38. The van der Waals surface area contributed by atoms with Crippen LogP contribution < -0.4 is 5.32 Å². The second kappa shape index (κ2) is 7.40. The van der Waals surface area contributed by atoms with E-state index in [0.29, 0.717) is 31.6 Å². The van der Waals surface area contributed by atoms with Gasteiger partial charge in [-0.1, -0.05) is 12.1 Å². The molecule has 0 aliphatic carbocycles. The fraction of sp³-hybridized carbons (Fsp3) is 0.333.